The third kappa shape index (κ3) is 5.09. The molecule has 1 N–H and O–H groups in total. The fraction of sp³-hybridized carbons (Fsp3) is 0.231. The second kappa shape index (κ2) is 10.1. The molecule has 0 aliphatic carbocycles. The minimum atomic E-state index is -0.289. The molecule has 168 valence electrons. The van der Waals surface area contributed by atoms with Gasteiger partial charge in [-0.3, -0.25) is 9.78 Å². The predicted octanol–water partition coefficient (Wildman–Crippen LogP) is 4.66. The molecule has 0 saturated heterocycles. The van der Waals surface area contributed by atoms with Crippen LogP contribution < -0.4 is 10.1 Å². The van der Waals surface area contributed by atoms with Gasteiger partial charge in [-0.1, -0.05) is 30.3 Å². The van der Waals surface area contributed by atoms with Crippen molar-refractivity contribution in [3.63, 3.8) is 0 Å². The Balaban J connectivity index is 1.60. The number of aromatic nitrogens is 4. The summed E-state index contributed by atoms with van der Waals surface area (Å²) >= 11 is 0. The zero-order valence-electron chi connectivity index (χ0n) is 19.1. The van der Waals surface area contributed by atoms with Crippen molar-refractivity contribution in [1.29, 1.82) is 0 Å². The molecule has 2 aromatic carbocycles. The minimum Gasteiger partial charge on any atom is -0.494 e. The summed E-state index contributed by atoms with van der Waals surface area (Å²) in [5.74, 6) is 0.534. The first kappa shape index (κ1) is 22.2. The van der Waals surface area contributed by atoms with Crippen molar-refractivity contribution in [2.75, 3.05) is 6.61 Å². The number of ether oxygens (including phenoxy) is 1. The molecular formula is C26H27N5O2. The zero-order chi connectivity index (χ0) is 23.2. The number of carbonyl (C=O) groups excluding carboxylic acids is 1. The number of hydrogen-bond donors (Lipinski definition) is 1. The Hall–Kier alpha value is -4.00. The summed E-state index contributed by atoms with van der Waals surface area (Å²) < 4.78 is 7.32. The van der Waals surface area contributed by atoms with Crippen molar-refractivity contribution in [3.05, 3.63) is 89.4 Å². The summed E-state index contributed by atoms with van der Waals surface area (Å²) in [6.07, 6.45) is 4.34. The maximum absolute atomic E-state index is 13.1. The number of pyridine rings is 1. The van der Waals surface area contributed by atoms with Crippen LogP contribution in [-0.4, -0.2) is 32.5 Å². The van der Waals surface area contributed by atoms with E-state index in [-0.39, 0.29) is 11.6 Å². The number of carbonyl (C=O) groups is 1. The van der Waals surface area contributed by atoms with Crippen LogP contribution >= 0.6 is 0 Å². The van der Waals surface area contributed by atoms with Crippen LogP contribution in [0.3, 0.4) is 0 Å². The highest BCUT2D eigenvalue weighted by Crippen LogP contribution is 2.26. The highest BCUT2D eigenvalue weighted by molar-refractivity contribution is 5.98. The molecule has 7 heteroatoms. The third-order valence-electron chi connectivity index (χ3n) is 5.42. The Morgan fingerprint density at radius 1 is 1.00 bits per heavy atom. The summed E-state index contributed by atoms with van der Waals surface area (Å²) in [6.45, 7) is 7.24. The first-order valence-electron chi connectivity index (χ1n) is 11.0. The van der Waals surface area contributed by atoms with Gasteiger partial charge < -0.3 is 10.1 Å². The molecule has 1 amide bonds. The predicted molar refractivity (Wildman–Crippen MR) is 127 cm³/mol. The van der Waals surface area contributed by atoms with Crippen molar-refractivity contribution in [1.82, 2.24) is 25.3 Å². The molecule has 0 unspecified atom stereocenters. The second-order valence-electron chi connectivity index (χ2n) is 7.88. The van der Waals surface area contributed by atoms with Gasteiger partial charge in [0.15, 0.2) is 5.69 Å². The van der Waals surface area contributed by atoms with Crippen LogP contribution in [-0.2, 0) is 6.54 Å². The summed E-state index contributed by atoms with van der Waals surface area (Å²) in [6, 6.07) is 17.5. The average Bonchev–Trinajstić information content (AvgIpc) is 3.29. The van der Waals surface area contributed by atoms with Crippen LogP contribution in [0.1, 0.15) is 40.5 Å². The Labute approximate surface area is 193 Å². The molecule has 2 aromatic heterocycles. The summed E-state index contributed by atoms with van der Waals surface area (Å²) in [5, 5.41) is 11.5. The van der Waals surface area contributed by atoms with E-state index in [1.54, 1.807) is 17.1 Å². The lowest BCUT2D eigenvalue weighted by atomic mass is 10.1. The molecular weight excluding hydrogens is 414 g/mol. The van der Waals surface area contributed by atoms with Crippen molar-refractivity contribution in [3.8, 4) is 22.7 Å². The number of aryl methyl sites for hydroxylation is 2. The molecule has 0 aliphatic rings. The summed E-state index contributed by atoms with van der Waals surface area (Å²) in [5.41, 5.74) is 5.85. The molecule has 0 saturated carbocycles. The monoisotopic (exact) mass is 441 g/mol. The number of benzene rings is 2. The van der Waals surface area contributed by atoms with E-state index in [1.807, 2.05) is 61.5 Å². The van der Waals surface area contributed by atoms with Crippen LogP contribution in [0.5, 0.6) is 5.75 Å². The third-order valence-corrected chi connectivity index (χ3v) is 5.42. The average molecular weight is 442 g/mol. The molecule has 33 heavy (non-hydrogen) atoms. The highest BCUT2D eigenvalue weighted by atomic mass is 16.5. The van der Waals surface area contributed by atoms with Crippen LogP contribution in [0, 0.1) is 13.8 Å². The van der Waals surface area contributed by atoms with Crippen LogP contribution in [0.25, 0.3) is 16.9 Å². The first-order valence-corrected chi connectivity index (χ1v) is 11.0. The maximum Gasteiger partial charge on any atom is 0.274 e. The van der Waals surface area contributed by atoms with E-state index < -0.39 is 0 Å². The van der Waals surface area contributed by atoms with E-state index in [1.165, 1.54) is 5.56 Å². The van der Waals surface area contributed by atoms with Gasteiger partial charge in [-0.25, -0.2) is 4.68 Å². The van der Waals surface area contributed by atoms with Gasteiger partial charge in [-0.2, -0.15) is 0 Å². The number of nitrogens with one attached hydrogen (secondary N) is 1. The Morgan fingerprint density at radius 2 is 1.76 bits per heavy atom. The van der Waals surface area contributed by atoms with Gasteiger partial charge in [0.2, 0.25) is 0 Å². The first-order chi connectivity index (χ1) is 16.1. The summed E-state index contributed by atoms with van der Waals surface area (Å²) in [7, 11) is 0. The van der Waals surface area contributed by atoms with Crippen molar-refractivity contribution < 1.29 is 9.53 Å². The van der Waals surface area contributed by atoms with Gasteiger partial charge in [-0.15, -0.1) is 5.10 Å². The lowest BCUT2D eigenvalue weighted by Crippen LogP contribution is -2.24. The lowest BCUT2D eigenvalue weighted by molar-refractivity contribution is 0.0946. The SMILES string of the molecule is CCCOc1ccc(CNC(=O)c2nnn(-c3ccc(C)c(C)c3)c2-c2ccncc2)cc1. The standard InChI is InChI=1S/C26H27N5O2/c1-4-15-33-23-9-6-20(7-10-23)17-28-26(32)24-25(21-11-13-27-14-12-21)31(30-29-24)22-8-5-18(2)19(3)16-22/h5-14,16H,4,15,17H2,1-3H3,(H,28,32). The minimum absolute atomic E-state index is 0.266. The van der Waals surface area contributed by atoms with Crippen molar-refractivity contribution in [2.45, 2.75) is 33.7 Å². The van der Waals surface area contributed by atoms with Crippen molar-refractivity contribution >= 4 is 5.91 Å². The van der Waals surface area contributed by atoms with Gasteiger partial charge in [0.05, 0.1) is 12.3 Å². The van der Waals surface area contributed by atoms with E-state index in [9.17, 15) is 4.79 Å². The van der Waals surface area contributed by atoms with Gasteiger partial charge in [-0.05, 0) is 73.4 Å². The van der Waals surface area contributed by atoms with Crippen LogP contribution in [0.15, 0.2) is 67.0 Å². The van der Waals surface area contributed by atoms with Gasteiger partial charge in [0.25, 0.3) is 5.91 Å². The molecule has 0 aliphatic heterocycles. The van der Waals surface area contributed by atoms with Crippen LogP contribution in [0.4, 0.5) is 0 Å². The lowest BCUT2D eigenvalue weighted by Gasteiger charge is -2.10. The van der Waals surface area contributed by atoms with E-state index in [0.29, 0.717) is 18.8 Å². The molecule has 2 heterocycles. The number of amides is 1. The molecule has 4 aromatic rings. The van der Waals surface area contributed by atoms with Crippen molar-refractivity contribution in [2.24, 2.45) is 0 Å². The Kier molecular flexibility index (Phi) is 6.78. The fourth-order valence-corrected chi connectivity index (χ4v) is 3.43. The molecule has 0 radical (unpaired) electrons. The Morgan fingerprint density at radius 3 is 2.45 bits per heavy atom. The van der Waals surface area contributed by atoms with E-state index in [4.69, 9.17) is 4.74 Å². The molecule has 0 atom stereocenters. The van der Waals surface area contributed by atoms with E-state index >= 15 is 0 Å². The number of nitrogens with zero attached hydrogens (tertiary/aromatic N) is 4. The smallest absolute Gasteiger partial charge is 0.274 e. The van der Waals surface area contributed by atoms with E-state index in [0.717, 1.165) is 34.5 Å². The topological polar surface area (TPSA) is 81.9 Å². The fourth-order valence-electron chi connectivity index (χ4n) is 3.43. The molecule has 0 spiro atoms. The second-order valence-corrected chi connectivity index (χ2v) is 7.88. The zero-order valence-corrected chi connectivity index (χ0v) is 19.1. The maximum atomic E-state index is 13.1. The van der Waals surface area contributed by atoms with Gasteiger partial charge in [0.1, 0.15) is 11.4 Å². The molecule has 0 bridgehead atoms. The summed E-state index contributed by atoms with van der Waals surface area (Å²) in [4.78, 5) is 17.2. The highest BCUT2D eigenvalue weighted by Gasteiger charge is 2.22. The van der Waals surface area contributed by atoms with Gasteiger partial charge >= 0.3 is 0 Å². The molecule has 7 nitrogen and oxygen atoms in total. The molecule has 0 fully saturated rings. The van der Waals surface area contributed by atoms with E-state index in [2.05, 4.69) is 34.5 Å². The largest absolute Gasteiger partial charge is 0.494 e. The number of rotatable bonds is 8. The Bertz CT molecular complexity index is 1230. The number of hydrogen-bond acceptors (Lipinski definition) is 5. The normalized spacial score (nSPS) is 10.8. The molecule has 4 rings (SSSR count). The van der Waals surface area contributed by atoms with Crippen LogP contribution in [0.2, 0.25) is 0 Å². The quantitative estimate of drug-likeness (QED) is 0.430. The van der Waals surface area contributed by atoms with Gasteiger partial charge in [0, 0.05) is 24.5 Å².